The normalized spacial score (nSPS) is 14.9. The minimum Gasteiger partial charge on any atom is -0.444 e. The van der Waals surface area contributed by atoms with E-state index in [1.807, 2.05) is 58.0 Å². The molecule has 1 fully saturated rings. The molecule has 4 amide bonds. The maximum Gasteiger partial charge on any atom is 0.407 e. The summed E-state index contributed by atoms with van der Waals surface area (Å²) in [5, 5.41) is 5.86. The van der Waals surface area contributed by atoms with Crippen molar-refractivity contribution in [1.82, 2.24) is 5.32 Å². The molecule has 9 heteroatoms. The summed E-state index contributed by atoms with van der Waals surface area (Å²) in [5.74, 6) is 0.360. The highest BCUT2D eigenvalue weighted by molar-refractivity contribution is 8.15. The van der Waals surface area contributed by atoms with Crippen LogP contribution in [0.25, 0.3) is 0 Å². The Morgan fingerprint density at radius 1 is 1.14 bits per heavy atom. The Balaban J connectivity index is 1.63. The number of amides is 4. The molecule has 0 bridgehead atoms. The molecule has 3 rings (SSSR count). The van der Waals surface area contributed by atoms with Gasteiger partial charge in [-0.2, -0.15) is 4.99 Å². The number of anilines is 2. The number of carbonyl (C=O) groups excluding carboxylic acids is 3. The third-order valence-corrected chi connectivity index (χ3v) is 6.22. The van der Waals surface area contributed by atoms with Crippen molar-refractivity contribution in [2.24, 2.45) is 4.99 Å². The van der Waals surface area contributed by atoms with E-state index >= 15 is 0 Å². The molecule has 2 aromatic carbocycles. The second kappa shape index (κ2) is 11.6. The number of hydrogen-bond donors (Lipinski definition) is 2. The van der Waals surface area contributed by atoms with Gasteiger partial charge in [0.25, 0.3) is 0 Å². The van der Waals surface area contributed by atoms with Gasteiger partial charge in [0.2, 0.25) is 5.91 Å². The van der Waals surface area contributed by atoms with E-state index in [0.717, 1.165) is 22.4 Å². The summed E-state index contributed by atoms with van der Waals surface area (Å²) >= 11 is 1.26. The molecule has 192 valence electrons. The zero-order valence-electron chi connectivity index (χ0n) is 21.7. The van der Waals surface area contributed by atoms with E-state index in [0.29, 0.717) is 23.8 Å². The number of rotatable bonds is 6. The first-order valence-corrected chi connectivity index (χ1v) is 12.9. The number of nitrogens with one attached hydrogen (secondary N) is 2. The molecular weight excluding hydrogens is 476 g/mol. The van der Waals surface area contributed by atoms with Gasteiger partial charge in [0.15, 0.2) is 5.17 Å². The van der Waals surface area contributed by atoms with Crippen LogP contribution >= 0.6 is 11.8 Å². The fraction of sp³-hybridized carbons (Fsp3) is 0.407. The molecule has 0 radical (unpaired) electrons. The number of hydrogen-bond acceptors (Lipinski definition) is 5. The molecule has 1 saturated heterocycles. The Hall–Kier alpha value is -3.33. The summed E-state index contributed by atoms with van der Waals surface area (Å²) in [6.07, 6.45) is 0.173. The molecule has 0 aliphatic carbocycles. The van der Waals surface area contributed by atoms with Gasteiger partial charge in [0.1, 0.15) is 5.60 Å². The topological polar surface area (TPSA) is 100 Å². The predicted octanol–water partition coefficient (Wildman–Crippen LogP) is 5.85. The number of carbonyl (C=O) groups is 3. The van der Waals surface area contributed by atoms with Crippen molar-refractivity contribution in [3.8, 4) is 0 Å². The molecule has 36 heavy (non-hydrogen) atoms. The average molecular weight is 511 g/mol. The molecule has 1 aliphatic heterocycles. The van der Waals surface area contributed by atoms with Crippen LogP contribution in [0.3, 0.4) is 0 Å². The van der Waals surface area contributed by atoms with Crippen LogP contribution in [0.5, 0.6) is 0 Å². The Bertz CT molecular complexity index is 1150. The average Bonchev–Trinajstić information content (AvgIpc) is 3.13. The number of aliphatic imine (C=N–C) groups is 1. The van der Waals surface area contributed by atoms with Crippen LogP contribution in [0, 0.1) is 6.92 Å². The molecule has 0 spiro atoms. The van der Waals surface area contributed by atoms with Crippen molar-refractivity contribution < 1.29 is 19.1 Å². The second-order valence-electron chi connectivity index (χ2n) is 9.93. The van der Waals surface area contributed by atoms with Gasteiger partial charge >= 0.3 is 12.1 Å². The van der Waals surface area contributed by atoms with E-state index in [1.165, 1.54) is 11.8 Å². The predicted molar refractivity (Wildman–Crippen MR) is 146 cm³/mol. The van der Waals surface area contributed by atoms with E-state index < -0.39 is 17.7 Å². The Morgan fingerprint density at radius 2 is 1.83 bits per heavy atom. The minimum atomic E-state index is -0.546. The maximum absolute atomic E-state index is 12.7. The van der Waals surface area contributed by atoms with Crippen molar-refractivity contribution in [2.45, 2.75) is 59.5 Å². The Morgan fingerprint density at radius 3 is 2.47 bits per heavy atom. The van der Waals surface area contributed by atoms with Crippen molar-refractivity contribution >= 4 is 46.3 Å². The van der Waals surface area contributed by atoms with Gasteiger partial charge in [-0.3, -0.25) is 9.69 Å². The summed E-state index contributed by atoms with van der Waals surface area (Å²) in [6.45, 7) is 12.0. The lowest BCUT2D eigenvalue weighted by molar-refractivity contribution is -0.115. The van der Waals surface area contributed by atoms with Crippen molar-refractivity contribution in [3.05, 3.63) is 59.2 Å². The van der Waals surface area contributed by atoms with Crippen LogP contribution in [0.15, 0.2) is 47.5 Å². The number of thioether (sulfide) groups is 1. The van der Waals surface area contributed by atoms with E-state index in [4.69, 9.17) is 4.74 Å². The molecular formula is C27H34N4O4S. The van der Waals surface area contributed by atoms with Crippen LogP contribution in [-0.2, 0) is 16.0 Å². The highest BCUT2D eigenvalue weighted by atomic mass is 32.2. The summed E-state index contributed by atoms with van der Waals surface area (Å²) in [4.78, 5) is 42.9. The fourth-order valence-corrected chi connectivity index (χ4v) is 4.49. The van der Waals surface area contributed by atoms with Gasteiger partial charge in [-0.05, 0) is 74.9 Å². The lowest BCUT2D eigenvalue weighted by atomic mass is 9.99. The minimum absolute atomic E-state index is 0.0941. The monoisotopic (exact) mass is 510 g/mol. The highest BCUT2D eigenvalue weighted by Gasteiger charge is 2.32. The van der Waals surface area contributed by atoms with E-state index in [2.05, 4.69) is 29.5 Å². The van der Waals surface area contributed by atoms with Crippen molar-refractivity contribution in [3.63, 3.8) is 0 Å². The van der Waals surface area contributed by atoms with Gasteiger partial charge < -0.3 is 15.4 Å². The molecule has 8 nitrogen and oxygen atoms in total. The number of amidine groups is 1. The molecule has 1 aliphatic rings. The molecule has 0 atom stereocenters. The van der Waals surface area contributed by atoms with Crippen LogP contribution in [0.2, 0.25) is 0 Å². The Kier molecular flexibility index (Phi) is 8.79. The second-order valence-corrected chi connectivity index (χ2v) is 10.9. The van der Waals surface area contributed by atoms with E-state index in [1.54, 1.807) is 17.0 Å². The van der Waals surface area contributed by atoms with Crippen molar-refractivity contribution in [1.29, 1.82) is 0 Å². The lowest BCUT2D eigenvalue weighted by Gasteiger charge is -2.22. The zero-order chi connectivity index (χ0) is 26.5. The number of alkyl carbamates (subject to hydrolysis) is 1. The zero-order valence-corrected chi connectivity index (χ0v) is 22.5. The lowest BCUT2D eigenvalue weighted by Crippen LogP contribution is -2.33. The fourth-order valence-electron chi connectivity index (χ4n) is 3.63. The first-order valence-electron chi connectivity index (χ1n) is 11.9. The number of ether oxygens (including phenoxy) is 1. The van der Waals surface area contributed by atoms with Crippen molar-refractivity contribution in [2.75, 3.05) is 22.5 Å². The summed E-state index contributed by atoms with van der Waals surface area (Å²) in [5.41, 5.74) is 3.89. The van der Waals surface area contributed by atoms with Crippen LogP contribution in [0.1, 0.15) is 57.2 Å². The number of urea groups is 1. The van der Waals surface area contributed by atoms with Gasteiger partial charge in [0, 0.05) is 12.2 Å². The molecule has 1 heterocycles. The first-order chi connectivity index (χ1) is 16.9. The number of nitrogens with zero attached hydrogens (tertiary/aromatic N) is 2. The third-order valence-electron chi connectivity index (χ3n) is 5.30. The summed E-state index contributed by atoms with van der Waals surface area (Å²) < 4.78 is 5.22. The number of benzene rings is 2. The molecule has 0 aromatic heterocycles. The van der Waals surface area contributed by atoms with Gasteiger partial charge in [-0.25, -0.2) is 9.59 Å². The van der Waals surface area contributed by atoms with Crippen LogP contribution < -0.4 is 15.5 Å². The molecule has 0 unspecified atom stereocenters. The Labute approximate surface area is 216 Å². The van der Waals surface area contributed by atoms with Gasteiger partial charge in [-0.15, -0.1) is 0 Å². The molecule has 0 saturated carbocycles. The van der Waals surface area contributed by atoms with Gasteiger partial charge in [-0.1, -0.05) is 49.9 Å². The smallest absolute Gasteiger partial charge is 0.407 e. The number of aryl methyl sites for hydroxylation is 1. The van der Waals surface area contributed by atoms with Gasteiger partial charge in [0.05, 0.1) is 11.4 Å². The van der Waals surface area contributed by atoms with Crippen LogP contribution in [-0.4, -0.2) is 41.1 Å². The third kappa shape index (κ3) is 7.58. The van der Waals surface area contributed by atoms with E-state index in [-0.39, 0.29) is 17.6 Å². The largest absolute Gasteiger partial charge is 0.444 e. The summed E-state index contributed by atoms with van der Waals surface area (Å²) in [6, 6.07) is 12.8. The standard InChI is InChI=1S/C27H34N4O4S/c1-17(2)21-12-7-18(3)15-22(21)31-23(32)16-36-25(31)30-24(33)29-20-10-8-19(9-11-20)13-14-28-26(34)35-27(4,5)6/h7-12,15,17H,13-14,16H2,1-6H3,(H,28,34)(H,29,33)/b30-25-. The molecule has 2 aromatic rings. The molecule has 2 N–H and O–H groups in total. The highest BCUT2D eigenvalue weighted by Crippen LogP contribution is 2.34. The quantitative estimate of drug-likeness (QED) is 0.507. The first kappa shape index (κ1) is 27.3. The van der Waals surface area contributed by atoms with E-state index in [9.17, 15) is 14.4 Å². The maximum atomic E-state index is 12.7. The summed E-state index contributed by atoms with van der Waals surface area (Å²) in [7, 11) is 0. The van der Waals surface area contributed by atoms with Crippen LogP contribution in [0.4, 0.5) is 21.0 Å². The SMILES string of the molecule is Cc1ccc(C(C)C)c(N2C(=O)CS/C2=N\C(=O)Nc2ccc(CCNC(=O)OC(C)(C)C)cc2)c1.